The lowest BCUT2D eigenvalue weighted by atomic mass is 9.95. The van der Waals surface area contributed by atoms with Crippen LogP contribution < -0.4 is 10.1 Å². The van der Waals surface area contributed by atoms with Gasteiger partial charge in [-0.3, -0.25) is 0 Å². The molecular formula is C28H31FN4O3. The van der Waals surface area contributed by atoms with Gasteiger partial charge in [-0.1, -0.05) is 19.9 Å². The molecule has 7 nitrogen and oxygen atoms in total. The van der Waals surface area contributed by atoms with Crippen molar-refractivity contribution in [1.29, 1.82) is 0 Å². The molecule has 0 unspecified atom stereocenters. The van der Waals surface area contributed by atoms with Gasteiger partial charge < -0.3 is 19.7 Å². The van der Waals surface area contributed by atoms with Crippen molar-refractivity contribution in [2.75, 3.05) is 19.0 Å². The molecule has 0 fully saturated rings. The number of nitrogens with zero attached hydrogens (tertiary/aromatic N) is 3. The number of methoxy groups -OCH3 is 1. The van der Waals surface area contributed by atoms with Gasteiger partial charge in [-0.2, -0.15) is 0 Å². The predicted octanol–water partition coefficient (Wildman–Crippen LogP) is 5.87. The van der Waals surface area contributed by atoms with E-state index in [1.54, 1.807) is 25.3 Å². The number of aryl methyl sites for hydroxylation is 2. The number of hydrogen-bond donors (Lipinski definition) is 2. The van der Waals surface area contributed by atoms with Crippen LogP contribution in [0.1, 0.15) is 41.3 Å². The lowest BCUT2D eigenvalue weighted by Crippen LogP contribution is -2.13. The Morgan fingerprint density at radius 2 is 1.92 bits per heavy atom. The highest BCUT2D eigenvalue weighted by atomic mass is 19.1. The molecule has 0 aliphatic heterocycles. The molecule has 0 saturated carbocycles. The summed E-state index contributed by atoms with van der Waals surface area (Å²) in [6.45, 7) is 8.94. The fraction of sp³-hybridized carbons (Fsp3) is 0.321. The van der Waals surface area contributed by atoms with Crippen molar-refractivity contribution in [3.8, 4) is 17.0 Å². The van der Waals surface area contributed by atoms with Crippen LogP contribution in [0.25, 0.3) is 22.2 Å². The Kier molecular flexibility index (Phi) is 7.24. The molecule has 0 atom stereocenters. The number of hydrogen-bond acceptors (Lipinski definition) is 5. The maximum atomic E-state index is 14.7. The molecule has 2 aromatic heterocycles. The van der Waals surface area contributed by atoms with Gasteiger partial charge in [-0.05, 0) is 62.1 Å². The highest BCUT2D eigenvalue weighted by Crippen LogP contribution is 2.31. The van der Waals surface area contributed by atoms with Crippen molar-refractivity contribution in [1.82, 2.24) is 14.5 Å². The number of carboxylic acid groups (broad SMARTS) is 1. The molecule has 0 saturated heterocycles. The number of anilines is 1. The number of aromatic nitrogens is 3. The maximum Gasteiger partial charge on any atom is 0.335 e. The van der Waals surface area contributed by atoms with Crippen LogP contribution in [0.15, 0.2) is 42.5 Å². The molecule has 0 spiro atoms. The van der Waals surface area contributed by atoms with Crippen molar-refractivity contribution in [3.63, 3.8) is 0 Å². The van der Waals surface area contributed by atoms with Crippen molar-refractivity contribution < 1.29 is 19.0 Å². The summed E-state index contributed by atoms with van der Waals surface area (Å²) in [7, 11) is 1.58. The Labute approximate surface area is 210 Å². The minimum absolute atomic E-state index is 0.291. The van der Waals surface area contributed by atoms with E-state index in [0.29, 0.717) is 59.6 Å². The smallest absolute Gasteiger partial charge is 0.335 e. The number of halogens is 1. The third-order valence-electron chi connectivity index (χ3n) is 6.14. The normalized spacial score (nSPS) is 11.3. The minimum atomic E-state index is -0.930. The van der Waals surface area contributed by atoms with E-state index in [9.17, 15) is 14.3 Å². The van der Waals surface area contributed by atoms with Gasteiger partial charge in [-0.25, -0.2) is 19.2 Å². The molecule has 0 aliphatic carbocycles. The van der Waals surface area contributed by atoms with Crippen molar-refractivity contribution in [2.24, 2.45) is 5.92 Å². The Hall–Kier alpha value is -3.94. The molecule has 0 aliphatic rings. The van der Waals surface area contributed by atoms with E-state index >= 15 is 0 Å². The second kappa shape index (κ2) is 10.4. The summed E-state index contributed by atoms with van der Waals surface area (Å²) in [5.41, 5.74) is 4.11. The average Bonchev–Trinajstić information content (AvgIpc) is 3.15. The topological polar surface area (TPSA) is 89.3 Å². The van der Waals surface area contributed by atoms with E-state index in [-0.39, 0.29) is 5.82 Å². The van der Waals surface area contributed by atoms with Crippen molar-refractivity contribution >= 4 is 22.7 Å². The van der Waals surface area contributed by atoms with Gasteiger partial charge in [0.25, 0.3) is 0 Å². The van der Waals surface area contributed by atoms with Crippen molar-refractivity contribution in [2.45, 2.75) is 40.7 Å². The van der Waals surface area contributed by atoms with Crippen LogP contribution in [-0.4, -0.2) is 39.3 Å². The SMILES string of the molecule is COc1ccc(F)c2c1cc(C)n2CCNc1cc(-c2ccc(C(=O)O)c(CC(C)C)c2)nc(C)n1. The van der Waals surface area contributed by atoms with Crippen LogP contribution in [0.3, 0.4) is 0 Å². The first-order valence-corrected chi connectivity index (χ1v) is 12.0. The second-order valence-corrected chi connectivity index (χ2v) is 9.34. The van der Waals surface area contributed by atoms with Gasteiger partial charge in [0.2, 0.25) is 0 Å². The highest BCUT2D eigenvalue weighted by molar-refractivity contribution is 5.90. The maximum absolute atomic E-state index is 14.7. The fourth-order valence-corrected chi connectivity index (χ4v) is 4.58. The van der Waals surface area contributed by atoms with Crippen molar-refractivity contribution in [3.05, 3.63) is 70.9 Å². The first-order valence-electron chi connectivity index (χ1n) is 12.0. The van der Waals surface area contributed by atoms with Crippen LogP contribution >= 0.6 is 0 Å². The Bertz CT molecular complexity index is 1430. The third-order valence-corrected chi connectivity index (χ3v) is 6.14. The molecule has 4 rings (SSSR count). The summed E-state index contributed by atoms with van der Waals surface area (Å²) in [5.74, 6) is 0.989. The molecule has 2 N–H and O–H groups in total. The van der Waals surface area contributed by atoms with Crippen LogP contribution in [0.2, 0.25) is 0 Å². The number of carbonyl (C=O) groups is 1. The summed E-state index contributed by atoms with van der Waals surface area (Å²) >= 11 is 0. The minimum Gasteiger partial charge on any atom is -0.496 e. The van der Waals surface area contributed by atoms with Gasteiger partial charge in [0.05, 0.1) is 23.9 Å². The summed E-state index contributed by atoms with van der Waals surface area (Å²) in [6, 6.07) is 12.2. The molecule has 36 heavy (non-hydrogen) atoms. The lowest BCUT2D eigenvalue weighted by molar-refractivity contribution is 0.0695. The van der Waals surface area contributed by atoms with Crippen LogP contribution in [0.5, 0.6) is 5.75 Å². The second-order valence-electron chi connectivity index (χ2n) is 9.34. The average molecular weight is 491 g/mol. The van der Waals surface area contributed by atoms with Gasteiger partial charge in [0.15, 0.2) is 0 Å². The van der Waals surface area contributed by atoms with Crippen LogP contribution in [-0.2, 0) is 13.0 Å². The van der Waals surface area contributed by atoms with E-state index in [0.717, 1.165) is 22.2 Å². The summed E-state index contributed by atoms with van der Waals surface area (Å²) in [4.78, 5) is 20.7. The number of rotatable bonds is 9. The largest absolute Gasteiger partial charge is 0.496 e. The number of nitrogens with one attached hydrogen (secondary N) is 1. The molecule has 8 heteroatoms. The third kappa shape index (κ3) is 5.17. The molecule has 0 bridgehead atoms. The highest BCUT2D eigenvalue weighted by Gasteiger charge is 2.16. The Morgan fingerprint density at radius 3 is 2.61 bits per heavy atom. The van der Waals surface area contributed by atoms with Crippen LogP contribution in [0, 0.1) is 25.6 Å². The number of aromatic carboxylic acids is 1. The van der Waals surface area contributed by atoms with Gasteiger partial charge in [-0.15, -0.1) is 0 Å². The Morgan fingerprint density at radius 1 is 1.14 bits per heavy atom. The van der Waals surface area contributed by atoms with E-state index in [2.05, 4.69) is 29.1 Å². The van der Waals surface area contributed by atoms with E-state index < -0.39 is 5.97 Å². The zero-order valence-corrected chi connectivity index (χ0v) is 21.2. The summed E-state index contributed by atoms with van der Waals surface area (Å²) < 4.78 is 22.0. The summed E-state index contributed by atoms with van der Waals surface area (Å²) in [6.07, 6.45) is 0.663. The number of ether oxygens (including phenoxy) is 1. The summed E-state index contributed by atoms with van der Waals surface area (Å²) in [5, 5.41) is 13.6. The van der Waals surface area contributed by atoms with Crippen LogP contribution in [0.4, 0.5) is 10.2 Å². The van der Waals surface area contributed by atoms with E-state index in [4.69, 9.17) is 4.74 Å². The number of benzene rings is 2. The predicted molar refractivity (Wildman–Crippen MR) is 139 cm³/mol. The number of fused-ring (bicyclic) bond motifs is 1. The lowest BCUT2D eigenvalue weighted by Gasteiger charge is -2.14. The molecule has 188 valence electrons. The zero-order valence-electron chi connectivity index (χ0n) is 21.2. The molecule has 2 aromatic carbocycles. The molecule has 0 radical (unpaired) electrons. The van der Waals surface area contributed by atoms with E-state index in [1.165, 1.54) is 6.07 Å². The zero-order chi connectivity index (χ0) is 26.0. The quantitative estimate of drug-likeness (QED) is 0.305. The molecule has 0 amide bonds. The van der Waals surface area contributed by atoms with Gasteiger partial charge in [0, 0.05) is 35.8 Å². The molecule has 2 heterocycles. The van der Waals surface area contributed by atoms with E-state index in [1.807, 2.05) is 36.6 Å². The number of carboxylic acids is 1. The fourth-order valence-electron chi connectivity index (χ4n) is 4.58. The van der Waals surface area contributed by atoms with Gasteiger partial charge >= 0.3 is 5.97 Å². The monoisotopic (exact) mass is 490 g/mol. The molecule has 4 aromatic rings. The first kappa shape index (κ1) is 25.2. The van der Waals surface area contributed by atoms with Gasteiger partial charge in [0.1, 0.15) is 23.2 Å². The first-order chi connectivity index (χ1) is 17.2. The molecular weight excluding hydrogens is 459 g/mol. The standard InChI is InChI=1S/C28H31FN4O3/c1-16(2)12-20-14-19(6-7-21(20)28(34)35)24-15-26(32-18(4)31-24)30-10-11-33-17(3)13-22-25(36-5)9-8-23(29)27(22)33/h6-9,13-16H,10-12H2,1-5H3,(H,34,35)(H,30,31,32). The Balaban J connectivity index is 1.58.